The lowest BCUT2D eigenvalue weighted by molar-refractivity contribution is -0.539. The van der Waals surface area contributed by atoms with Gasteiger partial charge in [-0.1, -0.05) is 31.8 Å². The summed E-state index contributed by atoms with van der Waals surface area (Å²) in [4.78, 5) is 6.25. The summed E-state index contributed by atoms with van der Waals surface area (Å²) in [5.41, 5.74) is 9.94. The highest BCUT2D eigenvalue weighted by Gasteiger charge is 2.46. The Morgan fingerprint density at radius 1 is 1.18 bits per heavy atom. The Labute approximate surface area is 170 Å². The summed E-state index contributed by atoms with van der Waals surface area (Å²) in [6, 6.07) is 0. The third-order valence-electron chi connectivity index (χ3n) is 5.71. The molecule has 0 radical (unpaired) electrons. The molecule has 0 saturated carbocycles. The number of amidine groups is 1. The van der Waals surface area contributed by atoms with Gasteiger partial charge in [0, 0.05) is 25.5 Å². The summed E-state index contributed by atoms with van der Waals surface area (Å²) in [5.74, 6) is 1.35. The fraction of sp³-hybridized carbons (Fsp3) is 0.727. The van der Waals surface area contributed by atoms with E-state index in [0.29, 0.717) is 6.54 Å². The van der Waals surface area contributed by atoms with Gasteiger partial charge < -0.3 is 16.6 Å². The van der Waals surface area contributed by atoms with Crippen LogP contribution in [0.4, 0.5) is 0 Å². The van der Waals surface area contributed by atoms with E-state index in [4.69, 9.17) is 11.5 Å². The van der Waals surface area contributed by atoms with Crippen LogP contribution in [0.3, 0.4) is 0 Å². The molecule has 0 aromatic carbocycles. The van der Waals surface area contributed by atoms with Gasteiger partial charge in [0.1, 0.15) is 0 Å². The molecule has 2 rings (SSSR count). The third kappa shape index (κ3) is 6.97. The molecule has 0 spiro atoms. The number of aliphatic imine (C=N–C) groups is 1. The molecule has 5 N–H and O–H groups in total. The summed E-state index contributed by atoms with van der Waals surface area (Å²) in [6.07, 6.45) is 18.5. The Balaban J connectivity index is 1.74. The zero-order chi connectivity index (χ0) is 20.2. The molecule has 6 heteroatoms. The van der Waals surface area contributed by atoms with Crippen LogP contribution < -0.4 is 11.5 Å². The Bertz CT molecular complexity index is 579. The number of nitrogens with zero attached hydrogens (tertiary/aromatic N) is 3. The van der Waals surface area contributed by atoms with Crippen molar-refractivity contribution >= 4 is 11.8 Å². The van der Waals surface area contributed by atoms with Gasteiger partial charge in [-0.05, 0) is 38.2 Å². The lowest BCUT2D eigenvalue weighted by Gasteiger charge is -2.32. The summed E-state index contributed by atoms with van der Waals surface area (Å²) in [5, 5.41) is 11.2. The molecule has 0 aromatic rings. The quantitative estimate of drug-likeness (QED) is 0.140. The number of hydrogen-bond acceptors (Lipinski definition) is 3. The van der Waals surface area contributed by atoms with E-state index >= 15 is 0 Å². The van der Waals surface area contributed by atoms with E-state index in [1.165, 1.54) is 37.9 Å². The zero-order valence-corrected chi connectivity index (χ0v) is 17.5. The first-order valence-electron chi connectivity index (χ1n) is 11.0. The molecule has 6 nitrogen and oxygen atoms in total. The maximum Gasteiger partial charge on any atom is 0.274 e. The molecule has 2 heterocycles. The number of allylic oxidation sites excluding steroid dienone is 1. The second kappa shape index (κ2) is 11.9. The monoisotopic (exact) mass is 390 g/mol. The van der Waals surface area contributed by atoms with Crippen LogP contribution >= 0.6 is 0 Å². The maximum atomic E-state index is 11.2. The van der Waals surface area contributed by atoms with E-state index in [-0.39, 0.29) is 5.96 Å². The lowest BCUT2D eigenvalue weighted by Crippen LogP contribution is -2.52. The third-order valence-corrected chi connectivity index (χ3v) is 5.71. The van der Waals surface area contributed by atoms with Crippen LogP contribution in [0.5, 0.6) is 0 Å². The number of fused-ring (bicyclic) bond motifs is 1. The van der Waals surface area contributed by atoms with Crippen LogP contribution in [-0.4, -0.2) is 58.3 Å². The largest absolute Gasteiger partial charge is 0.370 e. The highest BCUT2D eigenvalue weighted by molar-refractivity contribution is 5.92. The van der Waals surface area contributed by atoms with E-state index in [9.17, 15) is 5.11 Å². The van der Waals surface area contributed by atoms with Crippen molar-refractivity contribution in [3.8, 4) is 0 Å². The molecule has 1 atom stereocenters. The molecule has 28 heavy (non-hydrogen) atoms. The summed E-state index contributed by atoms with van der Waals surface area (Å²) < 4.78 is 2.40. The predicted octanol–water partition coefficient (Wildman–Crippen LogP) is 2.72. The van der Waals surface area contributed by atoms with Gasteiger partial charge in [-0.25, -0.2) is 4.90 Å². The Morgan fingerprint density at radius 3 is 2.68 bits per heavy atom. The zero-order valence-electron chi connectivity index (χ0n) is 17.5. The average molecular weight is 391 g/mol. The van der Waals surface area contributed by atoms with Crippen molar-refractivity contribution in [2.75, 3.05) is 26.2 Å². The molecular weight excluding hydrogens is 350 g/mol. The number of unbranched alkanes of at least 4 members (excludes halogenated alkanes) is 7. The van der Waals surface area contributed by atoms with Crippen molar-refractivity contribution in [1.29, 1.82) is 0 Å². The van der Waals surface area contributed by atoms with Gasteiger partial charge in [0.2, 0.25) is 5.72 Å². The minimum Gasteiger partial charge on any atom is -0.370 e. The second-order valence-corrected chi connectivity index (χ2v) is 8.02. The normalized spacial score (nSPS) is 21.1. The van der Waals surface area contributed by atoms with Gasteiger partial charge in [0.15, 0.2) is 5.96 Å². The molecule has 2 aliphatic heterocycles. The topological polar surface area (TPSA) is 90.9 Å². The van der Waals surface area contributed by atoms with Crippen LogP contribution in [0, 0.1) is 0 Å². The van der Waals surface area contributed by atoms with Crippen molar-refractivity contribution in [1.82, 2.24) is 4.90 Å². The molecular formula is C22H40N5O+. The summed E-state index contributed by atoms with van der Waals surface area (Å²) >= 11 is 0. The Morgan fingerprint density at radius 2 is 1.93 bits per heavy atom. The number of hydrogen-bond donors (Lipinski definition) is 3. The second-order valence-electron chi connectivity index (χ2n) is 8.02. The number of guanidine groups is 1. The van der Waals surface area contributed by atoms with Gasteiger partial charge in [0.05, 0.1) is 19.6 Å². The standard InChI is InChI=1S/C22H40N5O/c1-2-3-4-5-6-7-8-9-14-22(28)15-13-20-26(18-12-19-27(20)22)17-11-10-16-25-21(23)24/h2,13,15,28H,1,3-12,14,16-19H2,(H4,23,24,25)/q+1. The van der Waals surface area contributed by atoms with E-state index < -0.39 is 5.72 Å². The minimum absolute atomic E-state index is 0.166. The van der Waals surface area contributed by atoms with Gasteiger partial charge in [-0.3, -0.25) is 9.57 Å². The van der Waals surface area contributed by atoms with Gasteiger partial charge in [-0.15, -0.1) is 6.58 Å². The minimum atomic E-state index is -0.796. The molecule has 2 aliphatic rings. The number of nitrogens with two attached hydrogens (primary N) is 2. The summed E-state index contributed by atoms with van der Waals surface area (Å²) in [6.45, 7) is 7.43. The van der Waals surface area contributed by atoms with Crippen LogP contribution in [0.2, 0.25) is 0 Å². The SMILES string of the molecule is C=CCCCCCCCCC1(O)C=CC2=[N+](CCCCN=C(N)N)CCCN21. The van der Waals surface area contributed by atoms with Gasteiger partial charge in [0.25, 0.3) is 5.84 Å². The smallest absolute Gasteiger partial charge is 0.274 e. The molecule has 1 unspecified atom stereocenters. The van der Waals surface area contributed by atoms with Crippen LogP contribution in [0.25, 0.3) is 0 Å². The first kappa shape index (κ1) is 22.5. The van der Waals surface area contributed by atoms with E-state index in [1.807, 2.05) is 12.2 Å². The first-order chi connectivity index (χ1) is 13.6. The summed E-state index contributed by atoms with van der Waals surface area (Å²) in [7, 11) is 0. The highest BCUT2D eigenvalue weighted by Crippen LogP contribution is 2.30. The predicted molar refractivity (Wildman–Crippen MR) is 117 cm³/mol. The highest BCUT2D eigenvalue weighted by atomic mass is 16.3. The van der Waals surface area contributed by atoms with Crippen molar-refractivity contribution < 1.29 is 9.68 Å². The molecule has 0 aliphatic carbocycles. The molecule has 0 amide bonds. The number of rotatable bonds is 14. The molecule has 0 aromatic heterocycles. The van der Waals surface area contributed by atoms with Gasteiger partial charge in [-0.2, -0.15) is 0 Å². The van der Waals surface area contributed by atoms with E-state index in [0.717, 1.165) is 58.2 Å². The van der Waals surface area contributed by atoms with Crippen LogP contribution in [0.1, 0.15) is 70.6 Å². The van der Waals surface area contributed by atoms with Crippen molar-refractivity contribution in [3.05, 3.63) is 24.8 Å². The van der Waals surface area contributed by atoms with Gasteiger partial charge >= 0.3 is 0 Å². The van der Waals surface area contributed by atoms with Crippen molar-refractivity contribution in [2.45, 2.75) is 76.4 Å². The maximum absolute atomic E-state index is 11.2. The van der Waals surface area contributed by atoms with E-state index in [1.54, 1.807) is 0 Å². The van der Waals surface area contributed by atoms with Crippen LogP contribution in [0.15, 0.2) is 29.8 Å². The number of aliphatic hydroxyl groups is 1. The molecule has 158 valence electrons. The Hall–Kier alpha value is -1.82. The average Bonchev–Trinajstić information content (AvgIpc) is 3.01. The van der Waals surface area contributed by atoms with Crippen LogP contribution in [-0.2, 0) is 0 Å². The van der Waals surface area contributed by atoms with Crippen molar-refractivity contribution in [2.24, 2.45) is 16.5 Å². The van der Waals surface area contributed by atoms with E-state index in [2.05, 4.69) is 27.1 Å². The fourth-order valence-electron chi connectivity index (χ4n) is 4.15. The molecule has 0 saturated heterocycles. The van der Waals surface area contributed by atoms with Crippen molar-refractivity contribution in [3.63, 3.8) is 0 Å². The molecule has 0 bridgehead atoms. The fourth-order valence-corrected chi connectivity index (χ4v) is 4.15. The first-order valence-corrected chi connectivity index (χ1v) is 11.0. The molecule has 0 fully saturated rings. The lowest BCUT2D eigenvalue weighted by atomic mass is 10.0. The Kier molecular flexibility index (Phi) is 9.55.